The van der Waals surface area contributed by atoms with Gasteiger partial charge < -0.3 is 9.47 Å². The van der Waals surface area contributed by atoms with E-state index in [0.29, 0.717) is 12.3 Å². The van der Waals surface area contributed by atoms with Crippen molar-refractivity contribution in [1.29, 1.82) is 0 Å². The first kappa shape index (κ1) is 19.2. The average molecular weight is 348 g/mol. The SMILES string of the molecule is CCOC(=O)C1CC1C1=CC(C)(C)C=C(NC(=O)OC(C)(C)C)C=N1. The molecular weight excluding hydrogens is 320 g/mol. The van der Waals surface area contributed by atoms with Crippen molar-refractivity contribution in [2.75, 3.05) is 6.61 Å². The van der Waals surface area contributed by atoms with Gasteiger partial charge in [-0.05, 0) is 40.2 Å². The monoisotopic (exact) mass is 348 g/mol. The third kappa shape index (κ3) is 5.73. The molecule has 1 aliphatic carbocycles. The van der Waals surface area contributed by atoms with E-state index in [4.69, 9.17) is 9.47 Å². The van der Waals surface area contributed by atoms with Crippen LogP contribution in [0.3, 0.4) is 0 Å². The second-order valence-electron chi connectivity index (χ2n) is 8.08. The van der Waals surface area contributed by atoms with Gasteiger partial charge in [-0.15, -0.1) is 0 Å². The fourth-order valence-electron chi connectivity index (χ4n) is 2.77. The first-order chi connectivity index (χ1) is 11.5. The Labute approximate surface area is 149 Å². The number of aliphatic imine (C=N–C) groups is 1. The Morgan fingerprint density at radius 1 is 1.32 bits per heavy atom. The average Bonchev–Trinajstić information content (AvgIpc) is 3.21. The van der Waals surface area contributed by atoms with Gasteiger partial charge in [-0.1, -0.05) is 19.9 Å². The standard InChI is InChI=1S/C19H28N2O4/c1-7-24-16(22)14-8-13(14)15-10-19(5,6)9-12(11-20-15)21-17(23)25-18(2,3)4/h9-11,13-14H,7-8H2,1-6H3,(H,21,23). The molecule has 0 saturated heterocycles. The second-order valence-corrected chi connectivity index (χ2v) is 8.08. The number of hydrogen-bond donors (Lipinski definition) is 1. The number of nitrogens with one attached hydrogen (secondary N) is 1. The van der Waals surface area contributed by atoms with Crippen LogP contribution in [0.2, 0.25) is 0 Å². The Morgan fingerprint density at radius 2 is 2.00 bits per heavy atom. The van der Waals surface area contributed by atoms with Crippen molar-refractivity contribution in [1.82, 2.24) is 5.32 Å². The molecule has 6 heteroatoms. The molecule has 6 nitrogen and oxygen atoms in total. The van der Waals surface area contributed by atoms with E-state index < -0.39 is 11.7 Å². The largest absolute Gasteiger partial charge is 0.466 e. The first-order valence-electron chi connectivity index (χ1n) is 8.67. The molecule has 1 heterocycles. The number of carbonyl (C=O) groups is 2. The van der Waals surface area contributed by atoms with Crippen molar-refractivity contribution < 1.29 is 19.1 Å². The normalized spacial score (nSPS) is 24.6. The fraction of sp³-hybridized carbons (Fsp3) is 0.632. The van der Waals surface area contributed by atoms with Crippen molar-refractivity contribution in [3.63, 3.8) is 0 Å². The summed E-state index contributed by atoms with van der Waals surface area (Å²) in [5.41, 5.74) is 0.573. The molecular formula is C19H28N2O4. The summed E-state index contributed by atoms with van der Waals surface area (Å²) in [5, 5.41) is 2.73. The molecule has 2 rings (SSSR count). The van der Waals surface area contributed by atoms with Gasteiger partial charge in [0.2, 0.25) is 0 Å². The molecule has 2 unspecified atom stereocenters. The third-order valence-electron chi connectivity index (χ3n) is 3.81. The molecule has 138 valence electrons. The lowest BCUT2D eigenvalue weighted by atomic mass is 9.90. The van der Waals surface area contributed by atoms with E-state index in [-0.39, 0.29) is 23.2 Å². The lowest BCUT2D eigenvalue weighted by Crippen LogP contribution is -2.32. The van der Waals surface area contributed by atoms with Crippen LogP contribution >= 0.6 is 0 Å². The summed E-state index contributed by atoms with van der Waals surface area (Å²) in [6, 6.07) is 0. The van der Waals surface area contributed by atoms with Gasteiger partial charge in [0.25, 0.3) is 0 Å². The number of hydrogen-bond acceptors (Lipinski definition) is 5. The number of amides is 1. The van der Waals surface area contributed by atoms with E-state index in [2.05, 4.69) is 10.3 Å². The van der Waals surface area contributed by atoms with Gasteiger partial charge in [0.05, 0.1) is 24.4 Å². The molecule has 0 spiro atoms. The highest BCUT2D eigenvalue weighted by atomic mass is 16.6. The van der Waals surface area contributed by atoms with Crippen LogP contribution in [0.15, 0.2) is 28.5 Å². The number of esters is 1. The quantitative estimate of drug-likeness (QED) is 0.788. The van der Waals surface area contributed by atoms with Crippen molar-refractivity contribution in [3.8, 4) is 0 Å². The number of allylic oxidation sites excluding steroid dienone is 4. The Balaban J connectivity index is 2.06. The summed E-state index contributed by atoms with van der Waals surface area (Å²) in [4.78, 5) is 28.3. The van der Waals surface area contributed by atoms with Crippen molar-refractivity contribution >= 4 is 18.3 Å². The lowest BCUT2D eigenvalue weighted by Gasteiger charge is -2.20. The summed E-state index contributed by atoms with van der Waals surface area (Å²) < 4.78 is 10.4. The van der Waals surface area contributed by atoms with E-state index >= 15 is 0 Å². The van der Waals surface area contributed by atoms with E-state index in [1.165, 1.54) is 0 Å². The molecule has 1 aliphatic heterocycles. The highest BCUT2D eigenvalue weighted by molar-refractivity contribution is 5.86. The van der Waals surface area contributed by atoms with Gasteiger partial charge in [0.15, 0.2) is 0 Å². The van der Waals surface area contributed by atoms with Gasteiger partial charge in [-0.25, -0.2) is 4.79 Å². The van der Waals surface area contributed by atoms with E-state index in [0.717, 1.165) is 12.1 Å². The van der Waals surface area contributed by atoms with Crippen LogP contribution in [-0.4, -0.2) is 30.5 Å². The maximum atomic E-state index is 12.0. The van der Waals surface area contributed by atoms with Crippen LogP contribution in [0.4, 0.5) is 4.79 Å². The van der Waals surface area contributed by atoms with Crippen LogP contribution in [-0.2, 0) is 14.3 Å². The second kappa shape index (κ2) is 7.02. The zero-order valence-electron chi connectivity index (χ0n) is 15.9. The Bertz CT molecular complexity index is 638. The molecule has 0 aromatic rings. The molecule has 1 fully saturated rings. The molecule has 0 aromatic carbocycles. The minimum Gasteiger partial charge on any atom is -0.466 e. The minimum absolute atomic E-state index is 0.0869. The topological polar surface area (TPSA) is 77.0 Å². The molecule has 1 amide bonds. The highest BCUT2D eigenvalue weighted by Gasteiger charge is 2.47. The summed E-state index contributed by atoms with van der Waals surface area (Å²) in [6.07, 6.45) is 5.82. The lowest BCUT2D eigenvalue weighted by molar-refractivity contribution is -0.144. The van der Waals surface area contributed by atoms with E-state index in [1.54, 1.807) is 13.1 Å². The maximum absolute atomic E-state index is 12.0. The maximum Gasteiger partial charge on any atom is 0.412 e. The smallest absolute Gasteiger partial charge is 0.412 e. The van der Waals surface area contributed by atoms with Crippen molar-refractivity contribution in [2.24, 2.45) is 22.2 Å². The van der Waals surface area contributed by atoms with Gasteiger partial charge in [0.1, 0.15) is 5.60 Å². The predicted octanol–water partition coefficient (Wildman–Crippen LogP) is 3.59. The van der Waals surface area contributed by atoms with Crippen LogP contribution in [0.1, 0.15) is 48.0 Å². The molecule has 2 aliphatic rings. The molecule has 1 saturated carbocycles. The van der Waals surface area contributed by atoms with E-state index in [9.17, 15) is 9.59 Å². The predicted molar refractivity (Wildman–Crippen MR) is 96.0 cm³/mol. The Morgan fingerprint density at radius 3 is 2.60 bits per heavy atom. The van der Waals surface area contributed by atoms with Crippen molar-refractivity contribution in [3.05, 3.63) is 23.5 Å². The zero-order valence-corrected chi connectivity index (χ0v) is 15.9. The van der Waals surface area contributed by atoms with Crippen LogP contribution in [0, 0.1) is 17.3 Å². The van der Waals surface area contributed by atoms with Gasteiger partial charge in [0, 0.05) is 17.0 Å². The Hall–Kier alpha value is -2.11. The molecule has 1 N–H and O–H groups in total. The van der Waals surface area contributed by atoms with Crippen LogP contribution < -0.4 is 5.32 Å². The van der Waals surface area contributed by atoms with Gasteiger partial charge in [-0.2, -0.15) is 0 Å². The minimum atomic E-state index is -0.563. The first-order valence-corrected chi connectivity index (χ1v) is 8.67. The van der Waals surface area contributed by atoms with Crippen molar-refractivity contribution in [2.45, 2.75) is 53.6 Å². The fourth-order valence-corrected chi connectivity index (χ4v) is 2.77. The number of rotatable bonds is 4. The number of alkyl carbamates (subject to hydrolysis) is 1. The van der Waals surface area contributed by atoms with Gasteiger partial charge in [-0.3, -0.25) is 15.1 Å². The molecule has 0 radical (unpaired) electrons. The van der Waals surface area contributed by atoms with Crippen LogP contribution in [0.5, 0.6) is 0 Å². The number of ether oxygens (including phenoxy) is 2. The van der Waals surface area contributed by atoms with Crippen LogP contribution in [0.25, 0.3) is 0 Å². The summed E-state index contributed by atoms with van der Waals surface area (Å²) in [6.45, 7) is 11.7. The summed E-state index contributed by atoms with van der Waals surface area (Å²) >= 11 is 0. The summed E-state index contributed by atoms with van der Waals surface area (Å²) in [7, 11) is 0. The zero-order chi connectivity index (χ0) is 18.8. The highest BCUT2D eigenvalue weighted by Crippen LogP contribution is 2.47. The molecule has 25 heavy (non-hydrogen) atoms. The number of nitrogens with zero attached hydrogens (tertiary/aromatic N) is 1. The summed E-state index contributed by atoms with van der Waals surface area (Å²) in [5.74, 6) is -0.186. The van der Waals surface area contributed by atoms with Gasteiger partial charge >= 0.3 is 12.1 Å². The third-order valence-corrected chi connectivity index (χ3v) is 3.81. The Kier molecular flexibility index (Phi) is 5.40. The molecule has 0 aromatic heterocycles. The van der Waals surface area contributed by atoms with E-state index in [1.807, 2.05) is 46.8 Å². The molecule has 0 bridgehead atoms. The molecule has 2 atom stereocenters. The number of carbonyl (C=O) groups excluding carboxylic acids is 2.